The third-order valence-electron chi connectivity index (χ3n) is 4.48. The van der Waals surface area contributed by atoms with Crippen LogP contribution in [0.25, 0.3) is 11.3 Å². The number of amides is 1. The summed E-state index contributed by atoms with van der Waals surface area (Å²) in [7, 11) is 0. The Balaban J connectivity index is 1.63. The number of benzene rings is 3. The highest BCUT2D eigenvalue weighted by molar-refractivity contribution is 9.10. The van der Waals surface area contributed by atoms with E-state index in [0.717, 1.165) is 5.56 Å². The van der Waals surface area contributed by atoms with Crippen molar-refractivity contribution in [2.45, 2.75) is 0 Å². The van der Waals surface area contributed by atoms with Crippen LogP contribution in [0.3, 0.4) is 0 Å². The van der Waals surface area contributed by atoms with Crippen LogP contribution in [-0.4, -0.2) is 21.9 Å². The highest BCUT2D eigenvalue weighted by atomic mass is 79.9. The van der Waals surface area contributed by atoms with Crippen molar-refractivity contribution in [1.82, 2.24) is 10.2 Å². The van der Waals surface area contributed by atoms with E-state index >= 15 is 0 Å². The first-order valence-corrected chi connectivity index (χ1v) is 10.2. The normalized spacial score (nSPS) is 10.6. The number of H-pyrrole nitrogens is 1. The monoisotopic (exact) mass is 479 g/mol. The summed E-state index contributed by atoms with van der Waals surface area (Å²) in [6.45, 7) is 0. The van der Waals surface area contributed by atoms with Crippen molar-refractivity contribution in [1.29, 1.82) is 0 Å². The van der Waals surface area contributed by atoms with Crippen LogP contribution in [0.15, 0.2) is 83.3 Å². The molecular formula is C23H15BrClN3O2. The standard InChI is InChI=1S/C23H15BrClN3O2/c24-15-10-11-19(17(12-15)22(29)16-8-4-5-9-18(16)25)26-23(30)21-13-20(27-28-21)14-6-2-1-3-7-14/h1-13H,(H,26,30)(H,27,28). The van der Waals surface area contributed by atoms with Gasteiger partial charge < -0.3 is 5.32 Å². The van der Waals surface area contributed by atoms with Gasteiger partial charge in [0, 0.05) is 21.2 Å². The van der Waals surface area contributed by atoms with Gasteiger partial charge in [-0.3, -0.25) is 14.7 Å². The van der Waals surface area contributed by atoms with E-state index < -0.39 is 5.91 Å². The molecule has 0 fully saturated rings. The molecule has 4 rings (SSSR count). The van der Waals surface area contributed by atoms with Gasteiger partial charge in [0.25, 0.3) is 5.91 Å². The maximum absolute atomic E-state index is 13.1. The summed E-state index contributed by atoms with van der Waals surface area (Å²) >= 11 is 9.57. The molecular weight excluding hydrogens is 466 g/mol. The summed E-state index contributed by atoms with van der Waals surface area (Å²) < 4.78 is 0.712. The van der Waals surface area contributed by atoms with E-state index in [2.05, 4.69) is 31.4 Å². The summed E-state index contributed by atoms with van der Waals surface area (Å²) in [6, 6.07) is 23.1. The van der Waals surface area contributed by atoms with E-state index in [0.29, 0.717) is 32.0 Å². The van der Waals surface area contributed by atoms with E-state index in [4.69, 9.17) is 11.6 Å². The van der Waals surface area contributed by atoms with Gasteiger partial charge in [-0.2, -0.15) is 5.10 Å². The number of rotatable bonds is 5. The average Bonchev–Trinajstić information content (AvgIpc) is 3.26. The number of aromatic nitrogens is 2. The smallest absolute Gasteiger partial charge is 0.273 e. The number of hydrogen-bond acceptors (Lipinski definition) is 3. The van der Waals surface area contributed by atoms with Gasteiger partial charge in [-0.25, -0.2) is 0 Å². The second kappa shape index (κ2) is 8.65. The molecule has 0 saturated heterocycles. The molecule has 0 bridgehead atoms. The minimum atomic E-state index is -0.403. The molecule has 0 aliphatic rings. The van der Waals surface area contributed by atoms with E-state index in [1.165, 1.54) is 0 Å². The highest BCUT2D eigenvalue weighted by Crippen LogP contribution is 2.27. The fraction of sp³-hybridized carbons (Fsp3) is 0. The van der Waals surface area contributed by atoms with Gasteiger partial charge in [-0.05, 0) is 36.4 Å². The number of nitrogens with zero attached hydrogens (tertiary/aromatic N) is 1. The van der Waals surface area contributed by atoms with Crippen LogP contribution in [0.5, 0.6) is 0 Å². The van der Waals surface area contributed by atoms with Gasteiger partial charge >= 0.3 is 0 Å². The lowest BCUT2D eigenvalue weighted by molar-refractivity contribution is 0.102. The van der Waals surface area contributed by atoms with Crippen molar-refractivity contribution in [3.05, 3.63) is 105 Å². The first-order valence-electron chi connectivity index (χ1n) is 9.04. The highest BCUT2D eigenvalue weighted by Gasteiger charge is 2.19. The van der Waals surface area contributed by atoms with Crippen LogP contribution in [0.4, 0.5) is 5.69 Å². The van der Waals surface area contributed by atoms with Crippen LogP contribution in [0, 0.1) is 0 Å². The predicted molar refractivity (Wildman–Crippen MR) is 121 cm³/mol. The molecule has 4 aromatic rings. The Hall–Kier alpha value is -3.22. The average molecular weight is 481 g/mol. The predicted octanol–water partition coefficient (Wildman–Crippen LogP) is 5.98. The van der Waals surface area contributed by atoms with Gasteiger partial charge in [0.2, 0.25) is 0 Å². The Morgan fingerprint density at radius 3 is 2.40 bits per heavy atom. The molecule has 2 N–H and O–H groups in total. The van der Waals surface area contributed by atoms with Crippen molar-refractivity contribution >= 4 is 44.9 Å². The third kappa shape index (κ3) is 4.20. The second-order valence-corrected chi connectivity index (χ2v) is 7.81. The molecule has 30 heavy (non-hydrogen) atoms. The molecule has 0 saturated carbocycles. The molecule has 148 valence electrons. The molecule has 3 aromatic carbocycles. The molecule has 0 radical (unpaired) electrons. The van der Waals surface area contributed by atoms with Gasteiger partial charge in [0.1, 0.15) is 5.69 Å². The maximum Gasteiger partial charge on any atom is 0.273 e. The zero-order valence-electron chi connectivity index (χ0n) is 15.5. The van der Waals surface area contributed by atoms with Crippen LogP contribution >= 0.6 is 27.5 Å². The zero-order chi connectivity index (χ0) is 21.1. The van der Waals surface area contributed by atoms with Crippen LogP contribution in [0.2, 0.25) is 5.02 Å². The van der Waals surface area contributed by atoms with Gasteiger partial charge in [0.05, 0.1) is 16.4 Å². The van der Waals surface area contributed by atoms with E-state index in [9.17, 15) is 9.59 Å². The van der Waals surface area contributed by atoms with Gasteiger partial charge in [-0.1, -0.05) is 70.0 Å². The molecule has 0 aliphatic heterocycles. The maximum atomic E-state index is 13.1. The SMILES string of the molecule is O=C(Nc1ccc(Br)cc1C(=O)c1ccccc1Cl)c1cc(-c2ccccc2)n[nH]1. The molecule has 0 aliphatic carbocycles. The number of aromatic amines is 1. The topological polar surface area (TPSA) is 74.8 Å². The minimum absolute atomic E-state index is 0.285. The second-order valence-electron chi connectivity index (χ2n) is 6.49. The Morgan fingerprint density at radius 1 is 0.900 bits per heavy atom. The van der Waals surface area contributed by atoms with Crippen molar-refractivity contribution in [2.24, 2.45) is 0 Å². The number of carbonyl (C=O) groups excluding carboxylic acids is 2. The van der Waals surface area contributed by atoms with Crippen LogP contribution in [-0.2, 0) is 0 Å². The molecule has 1 aromatic heterocycles. The van der Waals surface area contributed by atoms with E-state index in [-0.39, 0.29) is 11.5 Å². The van der Waals surface area contributed by atoms with E-state index in [1.807, 2.05) is 30.3 Å². The number of hydrogen-bond donors (Lipinski definition) is 2. The Morgan fingerprint density at radius 2 is 1.63 bits per heavy atom. The Bertz CT molecular complexity index is 1240. The fourth-order valence-corrected chi connectivity index (χ4v) is 3.57. The quantitative estimate of drug-likeness (QED) is 0.345. The minimum Gasteiger partial charge on any atom is -0.320 e. The van der Waals surface area contributed by atoms with Gasteiger partial charge in [-0.15, -0.1) is 0 Å². The summed E-state index contributed by atoms with van der Waals surface area (Å²) in [5.41, 5.74) is 2.90. The Labute approximate surface area is 186 Å². The number of ketones is 1. The van der Waals surface area contributed by atoms with Crippen molar-refractivity contribution in [2.75, 3.05) is 5.32 Å². The molecule has 0 spiro atoms. The van der Waals surface area contributed by atoms with E-state index in [1.54, 1.807) is 48.5 Å². The first kappa shape index (κ1) is 20.1. The molecule has 1 heterocycles. The lowest BCUT2D eigenvalue weighted by Crippen LogP contribution is -2.16. The Kier molecular flexibility index (Phi) is 5.79. The third-order valence-corrected chi connectivity index (χ3v) is 5.31. The lowest BCUT2D eigenvalue weighted by Gasteiger charge is -2.11. The number of nitrogens with one attached hydrogen (secondary N) is 2. The van der Waals surface area contributed by atoms with Crippen molar-refractivity contribution in [3.63, 3.8) is 0 Å². The molecule has 0 unspecified atom stereocenters. The molecule has 7 heteroatoms. The summed E-state index contributed by atoms with van der Waals surface area (Å²) in [5.74, 6) is -0.688. The summed E-state index contributed by atoms with van der Waals surface area (Å²) in [6.07, 6.45) is 0. The molecule has 0 atom stereocenters. The van der Waals surface area contributed by atoms with Crippen molar-refractivity contribution in [3.8, 4) is 11.3 Å². The number of anilines is 1. The molecule has 1 amide bonds. The molecule has 5 nitrogen and oxygen atoms in total. The van der Waals surface area contributed by atoms with Crippen molar-refractivity contribution < 1.29 is 9.59 Å². The number of carbonyl (C=O) groups is 2. The largest absolute Gasteiger partial charge is 0.320 e. The van der Waals surface area contributed by atoms with Gasteiger partial charge in [0.15, 0.2) is 5.78 Å². The summed E-state index contributed by atoms with van der Waals surface area (Å²) in [5, 5.41) is 10.1. The first-order chi connectivity index (χ1) is 14.5. The van der Waals surface area contributed by atoms with Crippen LogP contribution < -0.4 is 5.32 Å². The zero-order valence-corrected chi connectivity index (χ0v) is 17.9. The fourth-order valence-electron chi connectivity index (χ4n) is 2.99. The summed E-state index contributed by atoms with van der Waals surface area (Å²) in [4.78, 5) is 25.9. The number of halogens is 2. The lowest BCUT2D eigenvalue weighted by atomic mass is 10.0. The van der Waals surface area contributed by atoms with Crippen LogP contribution in [0.1, 0.15) is 26.4 Å².